The van der Waals surface area contributed by atoms with Crippen molar-refractivity contribution in [2.45, 2.75) is 25.4 Å². The second-order valence-electron chi connectivity index (χ2n) is 4.23. The lowest BCUT2D eigenvalue weighted by Gasteiger charge is -2.21. The molecule has 0 aromatic carbocycles. The van der Waals surface area contributed by atoms with Gasteiger partial charge in [-0.1, -0.05) is 6.07 Å². The summed E-state index contributed by atoms with van der Waals surface area (Å²) in [6.45, 7) is 0.973. The summed E-state index contributed by atoms with van der Waals surface area (Å²) in [5.41, 5.74) is 0. The Hall–Kier alpha value is -1.13. The van der Waals surface area contributed by atoms with Crippen molar-refractivity contribution in [2.24, 2.45) is 0 Å². The van der Waals surface area contributed by atoms with Gasteiger partial charge in [0, 0.05) is 10.9 Å². The minimum atomic E-state index is 0.676. The molecule has 0 aliphatic heterocycles. The smallest absolute Gasteiger partial charge is 0.160 e. The fourth-order valence-electron chi connectivity index (χ4n) is 1.90. The number of nitrogens with zero attached hydrogens (tertiary/aromatic N) is 1. The van der Waals surface area contributed by atoms with Crippen LogP contribution in [0.4, 0.5) is 5.00 Å². The molecule has 2 aromatic heterocycles. The summed E-state index contributed by atoms with van der Waals surface area (Å²) in [4.78, 5) is 15.4. The first-order valence-electron chi connectivity index (χ1n) is 5.71. The maximum atomic E-state index is 10.7. The molecule has 0 amide bonds. The molecule has 2 aromatic rings. The highest BCUT2D eigenvalue weighted by atomic mass is 32.1. The Morgan fingerprint density at radius 1 is 1.35 bits per heavy atom. The third-order valence-corrected chi connectivity index (χ3v) is 4.81. The molecule has 1 saturated carbocycles. The van der Waals surface area contributed by atoms with Gasteiger partial charge in [-0.05, 0) is 36.4 Å². The summed E-state index contributed by atoms with van der Waals surface area (Å²) in [5.74, 6) is 0. The van der Waals surface area contributed by atoms with Crippen LogP contribution in [0.2, 0.25) is 0 Å². The van der Waals surface area contributed by atoms with Crippen LogP contribution < -0.4 is 4.90 Å². The van der Waals surface area contributed by atoms with Gasteiger partial charge in [-0.2, -0.15) is 0 Å². The second kappa shape index (κ2) is 4.63. The molecule has 0 atom stereocenters. The van der Waals surface area contributed by atoms with Crippen LogP contribution in [-0.2, 0) is 6.54 Å². The highest BCUT2D eigenvalue weighted by molar-refractivity contribution is 7.17. The van der Waals surface area contributed by atoms with E-state index < -0.39 is 0 Å². The number of carbonyl (C=O) groups is 1. The maximum absolute atomic E-state index is 10.7. The van der Waals surface area contributed by atoms with Crippen molar-refractivity contribution in [2.75, 3.05) is 4.90 Å². The van der Waals surface area contributed by atoms with E-state index in [9.17, 15) is 4.79 Å². The van der Waals surface area contributed by atoms with E-state index in [0.717, 1.165) is 17.7 Å². The molecule has 2 nitrogen and oxygen atoms in total. The Bertz CT molecular complexity index is 499. The summed E-state index contributed by atoms with van der Waals surface area (Å²) < 4.78 is 0. The average Bonchev–Trinajstić information content (AvgIpc) is 2.88. The lowest BCUT2D eigenvalue weighted by Crippen LogP contribution is -2.23. The van der Waals surface area contributed by atoms with Crippen LogP contribution in [0, 0.1) is 0 Å². The van der Waals surface area contributed by atoms with Crippen molar-refractivity contribution >= 4 is 34.0 Å². The van der Waals surface area contributed by atoms with Gasteiger partial charge in [-0.3, -0.25) is 4.79 Å². The van der Waals surface area contributed by atoms with Crippen molar-refractivity contribution in [3.8, 4) is 0 Å². The molecule has 2 heterocycles. The van der Waals surface area contributed by atoms with Gasteiger partial charge in [0.05, 0.1) is 16.4 Å². The predicted molar refractivity (Wildman–Crippen MR) is 73.2 cm³/mol. The maximum Gasteiger partial charge on any atom is 0.160 e. The van der Waals surface area contributed by atoms with E-state index in [2.05, 4.69) is 28.5 Å². The standard InChI is InChI=1S/C13H13NOS2/c15-9-12-5-6-13(17-12)14(10-3-4-10)8-11-2-1-7-16-11/h1-2,5-7,9-10H,3-4,8H2. The minimum absolute atomic E-state index is 0.676. The molecule has 17 heavy (non-hydrogen) atoms. The van der Waals surface area contributed by atoms with Gasteiger partial charge in [-0.25, -0.2) is 0 Å². The molecule has 0 spiro atoms. The van der Waals surface area contributed by atoms with Crippen LogP contribution in [0.25, 0.3) is 0 Å². The van der Waals surface area contributed by atoms with Crippen molar-refractivity contribution < 1.29 is 4.79 Å². The summed E-state index contributed by atoms with van der Waals surface area (Å²) in [6.07, 6.45) is 3.49. The number of rotatable bonds is 5. The first-order valence-corrected chi connectivity index (χ1v) is 7.40. The van der Waals surface area contributed by atoms with Gasteiger partial charge in [-0.15, -0.1) is 22.7 Å². The first-order chi connectivity index (χ1) is 8.36. The van der Waals surface area contributed by atoms with Gasteiger partial charge in [0.15, 0.2) is 6.29 Å². The summed E-state index contributed by atoms with van der Waals surface area (Å²) in [7, 11) is 0. The van der Waals surface area contributed by atoms with Crippen molar-refractivity contribution in [3.05, 3.63) is 39.4 Å². The van der Waals surface area contributed by atoms with E-state index in [1.165, 1.54) is 22.7 Å². The first kappa shape index (κ1) is 11.0. The highest BCUT2D eigenvalue weighted by Crippen LogP contribution is 2.37. The molecule has 88 valence electrons. The molecule has 4 heteroatoms. The van der Waals surface area contributed by atoms with E-state index in [1.54, 1.807) is 22.7 Å². The average molecular weight is 263 g/mol. The number of thiophene rings is 2. The summed E-state index contributed by atoms with van der Waals surface area (Å²) in [5, 5.41) is 3.34. The zero-order valence-electron chi connectivity index (χ0n) is 9.33. The number of hydrogen-bond acceptors (Lipinski definition) is 4. The molecule has 3 rings (SSSR count). The molecule has 1 aliphatic rings. The largest absolute Gasteiger partial charge is 0.355 e. The van der Waals surface area contributed by atoms with Crippen LogP contribution in [-0.4, -0.2) is 12.3 Å². The highest BCUT2D eigenvalue weighted by Gasteiger charge is 2.30. The van der Waals surface area contributed by atoms with E-state index in [0.29, 0.717) is 6.04 Å². The minimum Gasteiger partial charge on any atom is -0.355 e. The van der Waals surface area contributed by atoms with Gasteiger partial charge >= 0.3 is 0 Å². The van der Waals surface area contributed by atoms with E-state index >= 15 is 0 Å². The summed E-state index contributed by atoms with van der Waals surface area (Å²) >= 11 is 3.39. The lowest BCUT2D eigenvalue weighted by molar-refractivity contribution is 0.112. The molecular formula is C13H13NOS2. The monoisotopic (exact) mass is 263 g/mol. The Morgan fingerprint density at radius 2 is 2.24 bits per heavy atom. The molecule has 1 fully saturated rings. The van der Waals surface area contributed by atoms with Crippen molar-refractivity contribution in [1.82, 2.24) is 0 Å². The molecule has 0 unspecified atom stereocenters. The van der Waals surface area contributed by atoms with Gasteiger partial charge < -0.3 is 4.90 Å². The quantitative estimate of drug-likeness (QED) is 0.765. The van der Waals surface area contributed by atoms with Crippen LogP contribution in [0.1, 0.15) is 27.4 Å². The normalized spacial score (nSPS) is 14.8. The third-order valence-electron chi connectivity index (χ3n) is 2.91. The van der Waals surface area contributed by atoms with E-state index in [1.807, 2.05) is 6.07 Å². The molecule has 1 aliphatic carbocycles. The number of carbonyl (C=O) groups excluding carboxylic acids is 1. The van der Waals surface area contributed by atoms with Crippen LogP contribution in [0.15, 0.2) is 29.6 Å². The molecule has 0 radical (unpaired) electrons. The Kier molecular flexibility index (Phi) is 2.99. The predicted octanol–water partition coefficient (Wildman–Crippen LogP) is 3.79. The van der Waals surface area contributed by atoms with E-state index in [-0.39, 0.29) is 0 Å². The van der Waals surface area contributed by atoms with Gasteiger partial charge in [0.2, 0.25) is 0 Å². The van der Waals surface area contributed by atoms with Crippen LogP contribution in [0.5, 0.6) is 0 Å². The number of aldehydes is 1. The Balaban J connectivity index is 1.82. The SMILES string of the molecule is O=Cc1ccc(N(Cc2cccs2)C2CC2)s1. The van der Waals surface area contributed by atoms with Crippen molar-refractivity contribution in [1.29, 1.82) is 0 Å². The second-order valence-corrected chi connectivity index (χ2v) is 6.36. The topological polar surface area (TPSA) is 20.3 Å². The fraction of sp³-hybridized carbons (Fsp3) is 0.308. The zero-order valence-corrected chi connectivity index (χ0v) is 11.0. The molecule has 0 N–H and O–H groups in total. The molecule has 0 bridgehead atoms. The lowest BCUT2D eigenvalue weighted by atomic mass is 10.4. The third kappa shape index (κ3) is 2.42. The van der Waals surface area contributed by atoms with Gasteiger partial charge in [0.25, 0.3) is 0 Å². The molecular weight excluding hydrogens is 250 g/mol. The van der Waals surface area contributed by atoms with Crippen LogP contribution in [0.3, 0.4) is 0 Å². The van der Waals surface area contributed by atoms with Gasteiger partial charge in [0.1, 0.15) is 0 Å². The Morgan fingerprint density at radius 3 is 2.82 bits per heavy atom. The number of hydrogen-bond donors (Lipinski definition) is 0. The summed E-state index contributed by atoms with van der Waals surface area (Å²) in [6, 6.07) is 8.93. The van der Waals surface area contributed by atoms with Crippen LogP contribution >= 0.6 is 22.7 Å². The van der Waals surface area contributed by atoms with E-state index in [4.69, 9.17) is 0 Å². The zero-order chi connectivity index (χ0) is 11.7. The Labute approximate surface area is 109 Å². The fourth-order valence-corrected chi connectivity index (χ4v) is 3.50. The number of anilines is 1. The van der Waals surface area contributed by atoms with Crippen molar-refractivity contribution in [3.63, 3.8) is 0 Å². The molecule has 0 saturated heterocycles.